The Morgan fingerprint density at radius 1 is 1.44 bits per heavy atom. The average molecular weight is 218 g/mol. The van der Waals surface area contributed by atoms with Gasteiger partial charge in [-0.05, 0) is 18.1 Å². The second-order valence-corrected chi connectivity index (χ2v) is 3.57. The Kier molecular flexibility index (Phi) is 3.94. The first kappa shape index (κ1) is 12.1. The lowest BCUT2D eigenvalue weighted by Crippen LogP contribution is -2.17. The highest BCUT2D eigenvalue weighted by molar-refractivity contribution is 6.32. The maximum Gasteiger partial charge on any atom is 0.338 e. The number of carbonyl (C=O) groups excluding carboxylic acids is 2. The fraction of sp³-hybridized carbons (Fsp3) is 0.250. The van der Waals surface area contributed by atoms with Crippen LogP contribution in [0.1, 0.15) is 24.0 Å². The van der Waals surface area contributed by atoms with Gasteiger partial charge in [-0.25, -0.2) is 4.79 Å². The van der Waals surface area contributed by atoms with Gasteiger partial charge in [-0.15, -0.1) is 0 Å². The summed E-state index contributed by atoms with van der Waals surface area (Å²) in [6, 6.07) is 6.80. The van der Waals surface area contributed by atoms with Crippen molar-refractivity contribution in [2.75, 3.05) is 0 Å². The maximum absolute atomic E-state index is 10.8. The van der Waals surface area contributed by atoms with E-state index in [2.05, 4.69) is 4.99 Å². The number of nitrogens with zero attached hydrogens (tertiary/aromatic N) is 1. The highest BCUT2D eigenvalue weighted by Crippen LogP contribution is 2.20. The molecular weight excluding hydrogens is 204 g/mol. The zero-order valence-electron chi connectivity index (χ0n) is 9.31. The van der Waals surface area contributed by atoms with Crippen LogP contribution in [0.2, 0.25) is 0 Å². The highest BCUT2D eigenvalue weighted by atomic mass is 16.2. The van der Waals surface area contributed by atoms with Crippen molar-refractivity contribution in [3.8, 4) is 0 Å². The Balaban J connectivity index is 3.10. The minimum absolute atomic E-state index is 0.154. The molecule has 0 aromatic heterocycles. The third-order valence-corrected chi connectivity index (χ3v) is 2.46. The molecule has 84 valence electrons. The number of aryl methyl sites for hydroxylation is 1. The van der Waals surface area contributed by atoms with Crippen molar-refractivity contribution in [2.24, 2.45) is 10.7 Å². The molecule has 1 atom stereocenters. The number of aldehydes is 1. The first-order chi connectivity index (χ1) is 7.56. The van der Waals surface area contributed by atoms with E-state index < -0.39 is 6.03 Å². The summed E-state index contributed by atoms with van der Waals surface area (Å²) < 4.78 is 0. The molecule has 0 spiro atoms. The molecule has 2 N–H and O–H groups in total. The molecule has 2 amide bonds. The maximum atomic E-state index is 10.8. The van der Waals surface area contributed by atoms with Gasteiger partial charge in [0.05, 0.1) is 5.71 Å². The van der Waals surface area contributed by atoms with Gasteiger partial charge in [0, 0.05) is 5.92 Å². The molecule has 0 aliphatic rings. The topological polar surface area (TPSA) is 72.5 Å². The van der Waals surface area contributed by atoms with Crippen LogP contribution in [0, 0.1) is 6.92 Å². The fourth-order valence-corrected chi connectivity index (χ4v) is 1.58. The summed E-state index contributed by atoms with van der Waals surface area (Å²) >= 11 is 0. The number of nitrogens with two attached hydrogens (primary N) is 1. The molecule has 0 saturated carbocycles. The SMILES string of the molecule is Cc1ccccc1C(C)C(C=O)=NC(N)=O. The Morgan fingerprint density at radius 3 is 2.56 bits per heavy atom. The number of amides is 2. The molecular formula is C12H14N2O2. The van der Waals surface area contributed by atoms with Gasteiger partial charge in [-0.2, -0.15) is 4.99 Å². The lowest BCUT2D eigenvalue weighted by molar-refractivity contribution is -0.102. The van der Waals surface area contributed by atoms with E-state index in [0.717, 1.165) is 11.1 Å². The van der Waals surface area contributed by atoms with Crippen LogP contribution in [0.15, 0.2) is 29.3 Å². The molecule has 0 aliphatic heterocycles. The third kappa shape index (κ3) is 2.76. The van der Waals surface area contributed by atoms with Crippen LogP contribution in [-0.2, 0) is 4.79 Å². The summed E-state index contributed by atoms with van der Waals surface area (Å²) in [5.41, 5.74) is 7.11. The first-order valence-corrected chi connectivity index (χ1v) is 4.95. The van der Waals surface area contributed by atoms with Crippen LogP contribution in [0.3, 0.4) is 0 Å². The molecule has 16 heavy (non-hydrogen) atoms. The fourth-order valence-electron chi connectivity index (χ4n) is 1.58. The van der Waals surface area contributed by atoms with E-state index in [4.69, 9.17) is 5.73 Å². The highest BCUT2D eigenvalue weighted by Gasteiger charge is 2.14. The van der Waals surface area contributed by atoms with Crippen molar-refractivity contribution in [3.05, 3.63) is 35.4 Å². The smallest absolute Gasteiger partial charge is 0.338 e. The third-order valence-electron chi connectivity index (χ3n) is 2.46. The number of carbonyl (C=O) groups is 2. The number of aliphatic imine (C=N–C) groups is 1. The Hall–Kier alpha value is -1.97. The Bertz CT molecular complexity index is 438. The monoisotopic (exact) mass is 218 g/mol. The van der Waals surface area contributed by atoms with Crippen molar-refractivity contribution < 1.29 is 9.59 Å². The summed E-state index contributed by atoms with van der Waals surface area (Å²) in [5.74, 6) is -0.230. The van der Waals surface area contributed by atoms with Crippen LogP contribution in [0.25, 0.3) is 0 Å². The molecule has 0 bridgehead atoms. The van der Waals surface area contributed by atoms with Crippen LogP contribution in [-0.4, -0.2) is 18.0 Å². The van der Waals surface area contributed by atoms with Gasteiger partial charge in [-0.3, -0.25) is 4.79 Å². The van der Waals surface area contributed by atoms with Gasteiger partial charge < -0.3 is 5.73 Å². The van der Waals surface area contributed by atoms with E-state index in [1.54, 1.807) is 0 Å². The molecule has 4 nitrogen and oxygen atoms in total. The zero-order valence-corrected chi connectivity index (χ0v) is 9.31. The minimum atomic E-state index is -0.845. The van der Waals surface area contributed by atoms with Gasteiger partial charge >= 0.3 is 6.03 Å². The molecule has 0 heterocycles. The van der Waals surface area contributed by atoms with E-state index in [9.17, 15) is 9.59 Å². The van der Waals surface area contributed by atoms with E-state index >= 15 is 0 Å². The largest absolute Gasteiger partial charge is 0.350 e. The molecule has 1 aromatic rings. The number of hydrogen-bond acceptors (Lipinski definition) is 2. The van der Waals surface area contributed by atoms with Crippen molar-refractivity contribution in [2.45, 2.75) is 19.8 Å². The Morgan fingerprint density at radius 2 is 2.06 bits per heavy atom. The molecule has 1 rings (SSSR count). The molecule has 0 radical (unpaired) electrons. The number of rotatable bonds is 3. The quantitative estimate of drug-likeness (QED) is 0.620. The van der Waals surface area contributed by atoms with Crippen LogP contribution in [0.4, 0.5) is 4.79 Å². The summed E-state index contributed by atoms with van der Waals surface area (Å²) in [6.45, 7) is 3.76. The minimum Gasteiger partial charge on any atom is -0.350 e. The van der Waals surface area contributed by atoms with E-state index in [0.29, 0.717) is 6.29 Å². The normalized spacial score (nSPS) is 13.2. The molecule has 0 saturated heterocycles. The number of hydrogen-bond donors (Lipinski definition) is 1. The standard InChI is InChI=1S/C12H14N2O2/c1-8-5-3-4-6-10(8)9(2)11(7-15)14-12(13)16/h3-7,9H,1-2H3,(H2,13,16). The second-order valence-electron chi connectivity index (χ2n) is 3.57. The van der Waals surface area contributed by atoms with Crippen LogP contribution >= 0.6 is 0 Å². The molecule has 0 aliphatic carbocycles. The molecule has 4 heteroatoms. The van der Waals surface area contributed by atoms with Gasteiger partial charge in [-0.1, -0.05) is 31.2 Å². The zero-order chi connectivity index (χ0) is 12.1. The molecule has 1 aromatic carbocycles. The number of urea groups is 1. The lowest BCUT2D eigenvalue weighted by atomic mass is 9.93. The van der Waals surface area contributed by atoms with Crippen molar-refractivity contribution in [1.29, 1.82) is 0 Å². The van der Waals surface area contributed by atoms with Gasteiger partial charge in [0.25, 0.3) is 0 Å². The average Bonchev–Trinajstić information content (AvgIpc) is 2.25. The van der Waals surface area contributed by atoms with Crippen molar-refractivity contribution in [1.82, 2.24) is 0 Å². The lowest BCUT2D eigenvalue weighted by Gasteiger charge is -2.12. The second kappa shape index (κ2) is 5.21. The van der Waals surface area contributed by atoms with Gasteiger partial charge in [0.2, 0.25) is 0 Å². The van der Waals surface area contributed by atoms with E-state index in [1.165, 1.54) is 0 Å². The van der Waals surface area contributed by atoms with E-state index in [-0.39, 0.29) is 11.6 Å². The van der Waals surface area contributed by atoms with Crippen molar-refractivity contribution in [3.63, 3.8) is 0 Å². The van der Waals surface area contributed by atoms with Gasteiger partial charge in [0.15, 0.2) is 6.29 Å². The first-order valence-electron chi connectivity index (χ1n) is 4.95. The predicted octanol–water partition coefficient (Wildman–Crippen LogP) is 1.82. The number of benzene rings is 1. The molecule has 1 unspecified atom stereocenters. The summed E-state index contributed by atoms with van der Waals surface area (Å²) in [4.78, 5) is 25.0. The summed E-state index contributed by atoms with van der Waals surface area (Å²) in [5, 5.41) is 0. The summed E-state index contributed by atoms with van der Waals surface area (Å²) in [7, 11) is 0. The van der Waals surface area contributed by atoms with Gasteiger partial charge in [0.1, 0.15) is 0 Å². The molecule has 0 fully saturated rings. The summed E-state index contributed by atoms with van der Waals surface area (Å²) in [6.07, 6.45) is 0.571. The predicted molar refractivity (Wildman–Crippen MR) is 62.7 cm³/mol. The van der Waals surface area contributed by atoms with Crippen molar-refractivity contribution >= 4 is 18.0 Å². The van der Waals surface area contributed by atoms with E-state index in [1.807, 2.05) is 38.1 Å². The Labute approximate surface area is 94.2 Å². The van der Waals surface area contributed by atoms with Crippen LogP contribution < -0.4 is 5.73 Å². The van der Waals surface area contributed by atoms with Crippen LogP contribution in [0.5, 0.6) is 0 Å². The number of primary amides is 1.